The van der Waals surface area contributed by atoms with E-state index in [1.54, 1.807) is 12.5 Å². The average Bonchev–Trinajstić information content (AvgIpc) is 3.21. The molecular weight excluding hydrogens is 324 g/mol. The second-order valence-electron chi connectivity index (χ2n) is 6.35. The monoisotopic (exact) mass is 348 g/mol. The van der Waals surface area contributed by atoms with Gasteiger partial charge in [0.1, 0.15) is 0 Å². The van der Waals surface area contributed by atoms with Crippen LogP contribution in [0.1, 0.15) is 22.3 Å². The van der Waals surface area contributed by atoms with Crippen LogP contribution in [0.25, 0.3) is 5.69 Å². The van der Waals surface area contributed by atoms with Gasteiger partial charge in [0.25, 0.3) is 5.91 Å². The number of nitrogens with one attached hydrogen (secondary N) is 1. The fourth-order valence-electron chi connectivity index (χ4n) is 2.82. The Labute approximate surface area is 154 Å². The summed E-state index contributed by atoms with van der Waals surface area (Å²) in [5.74, 6) is -0.0344. The molecule has 0 unspecified atom stereocenters. The Kier molecular flexibility index (Phi) is 6.17. The molecule has 1 amide bonds. The Bertz CT molecular complexity index is 798. The lowest BCUT2D eigenvalue weighted by atomic mass is 10.2. The minimum atomic E-state index is -0.0344. The van der Waals surface area contributed by atoms with Crippen LogP contribution in [0.5, 0.6) is 0 Å². The van der Waals surface area contributed by atoms with Gasteiger partial charge in [0.05, 0.1) is 6.33 Å². The Hall–Kier alpha value is -2.92. The predicted octanol–water partition coefficient (Wildman–Crippen LogP) is 3.12. The number of benzene rings is 2. The van der Waals surface area contributed by atoms with Crippen molar-refractivity contribution in [2.24, 2.45) is 0 Å². The van der Waals surface area contributed by atoms with Crippen LogP contribution in [-0.2, 0) is 6.54 Å². The molecule has 3 rings (SSSR count). The predicted molar refractivity (Wildman–Crippen MR) is 103 cm³/mol. The van der Waals surface area contributed by atoms with Crippen LogP contribution in [0, 0.1) is 0 Å². The van der Waals surface area contributed by atoms with E-state index in [0.29, 0.717) is 12.1 Å². The summed E-state index contributed by atoms with van der Waals surface area (Å²) in [5.41, 5.74) is 2.96. The number of amides is 1. The standard InChI is InChI=1S/C21H24N4O/c1-24(16-18-6-3-2-4-7-18)14-5-12-23-21(26)19-8-10-20(11-9-19)25-15-13-22-17-25/h2-4,6-11,13,15,17H,5,12,14,16H2,1H3,(H,23,26). The second kappa shape index (κ2) is 8.97. The first-order valence-corrected chi connectivity index (χ1v) is 8.81. The van der Waals surface area contributed by atoms with Crippen molar-refractivity contribution in [3.8, 4) is 5.69 Å². The molecule has 0 saturated heterocycles. The number of rotatable bonds is 8. The lowest BCUT2D eigenvalue weighted by molar-refractivity contribution is 0.0952. The third-order valence-electron chi connectivity index (χ3n) is 4.23. The van der Waals surface area contributed by atoms with Crippen molar-refractivity contribution < 1.29 is 4.79 Å². The molecule has 5 nitrogen and oxygen atoms in total. The van der Waals surface area contributed by atoms with Gasteiger partial charge in [0.15, 0.2) is 0 Å². The Balaban J connectivity index is 1.40. The number of hydrogen-bond donors (Lipinski definition) is 1. The van der Waals surface area contributed by atoms with Crippen molar-refractivity contribution in [2.45, 2.75) is 13.0 Å². The van der Waals surface area contributed by atoms with Crippen molar-refractivity contribution >= 4 is 5.91 Å². The second-order valence-corrected chi connectivity index (χ2v) is 6.35. The number of imidazole rings is 1. The molecule has 1 N–H and O–H groups in total. The number of aromatic nitrogens is 2. The topological polar surface area (TPSA) is 50.2 Å². The van der Waals surface area contributed by atoms with Crippen molar-refractivity contribution in [3.63, 3.8) is 0 Å². The van der Waals surface area contributed by atoms with Crippen LogP contribution in [0.2, 0.25) is 0 Å². The molecule has 0 aliphatic rings. The van der Waals surface area contributed by atoms with Crippen LogP contribution >= 0.6 is 0 Å². The largest absolute Gasteiger partial charge is 0.352 e. The Morgan fingerprint density at radius 1 is 1.12 bits per heavy atom. The molecule has 0 saturated carbocycles. The van der Waals surface area contributed by atoms with E-state index in [0.717, 1.165) is 25.2 Å². The van der Waals surface area contributed by atoms with E-state index >= 15 is 0 Å². The van der Waals surface area contributed by atoms with Crippen molar-refractivity contribution in [2.75, 3.05) is 20.1 Å². The molecule has 0 radical (unpaired) electrons. The van der Waals surface area contributed by atoms with Crippen LogP contribution in [0.15, 0.2) is 73.3 Å². The highest BCUT2D eigenvalue weighted by Crippen LogP contribution is 2.09. The van der Waals surface area contributed by atoms with Gasteiger partial charge in [0, 0.05) is 36.7 Å². The highest BCUT2D eigenvalue weighted by molar-refractivity contribution is 5.94. The number of carbonyl (C=O) groups excluding carboxylic acids is 1. The van der Waals surface area contributed by atoms with Crippen molar-refractivity contribution in [3.05, 3.63) is 84.4 Å². The molecule has 3 aromatic rings. The fourth-order valence-corrected chi connectivity index (χ4v) is 2.82. The first-order chi connectivity index (χ1) is 12.7. The van der Waals surface area contributed by atoms with Gasteiger partial charge in [-0.1, -0.05) is 30.3 Å². The highest BCUT2D eigenvalue weighted by atomic mass is 16.1. The zero-order valence-electron chi connectivity index (χ0n) is 15.0. The van der Waals surface area contributed by atoms with Gasteiger partial charge in [0.2, 0.25) is 0 Å². The maximum Gasteiger partial charge on any atom is 0.251 e. The normalized spacial score (nSPS) is 10.8. The molecule has 26 heavy (non-hydrogen) atoms. The number of hydrogen-bond acceptors (Lipinski definition) is 3. The average molecular weight is 348 g/mol. The fraction of sp³-hybridized carbons (Fsp3) is 0.238. The Morgan fingerprint density at radius 2 is 1.88 bits per heavy atom. The zero-order valence-corrected chi connectivity index (χ0v) is 15.0. The molecule has 2 aromatic carbocycles. The van der Waals surface area contributed by atoms with E-state index in [9.17, 15) is 4.79 Å². The van der Waals surface area contributed by atoms with Crippen LogP contribution in [0.4, 0.5) is 0 Å². The molecule has 0 bridgehead atoms. The van der Waals surface area contributed by atoms with Gasteiger partial charge < -0.3 is 14.8 Å². The summed E-state index contributed by atoms with van der Waals surface area (Å²) in [4.78, 5) is 18.5. The quantitative estimate of drug-likeness (QED) is 0.636. The maximum absolute atomic E-state index is 12.2. The van der Waals surface area contributed by atoms with E-state index in [4.69, 9.17) is 0 Å². The summed E-state index contributed by atoms with van der Waals surface area (Å²) in [5, 5.41) is 2.99. The van der Waals surface area contributed by atoms with Crippen LogP contribution < -0.4 is 5.32 Å². The van der Waals surface area contributed by atoms with Crippen LogP contribution in [0.3, 0.4) is 0 Å². The summed E-state index contributed by atoms with van der Waals surface area (Å²) >= 11 is 0. The van der Waals surface area contributed by atoms with Gasteiger partial charge in [-0.15, -0.1) is 0 Å². The SMILES string of the molecule is CN(CCCNC(=O)c1ccc(-n2ccnc2)cc1)Cc1ccccc1. The molecule has 134 valence electrons. The summed E-state index contributed by atoms with van der Waals surface area (Å²) in [7, 11) is 2.10. The molecule has 0 spiro atoms. The van der Waals surface area contributed by atoms with E-state index in [1.165, 1.54) is 5.56 Å². The molecular formula is C21H24N4O. The molecule has 0 aliphatic carbocycles. The molecule has 0 fully saturated rings. The molecule has 5 heteroatoms. The van der Waals surface area contributed by atoms with E-state index in [-0.39, 0.29) is 5.91 Å². The first kappa shape index (κ1) is 17.9. The zero-order chi connectivity index (χ0) is 18.2. The minimum Gasteiger partial charge on any atom is -0.352 e. The molecule has 1 heterocycles. The lowest BCUT2D eigenvalue weighted by Gasteiger charge is -2.16. The molecule has 0 aliphatic heterocycles. The highest BCUT2D eigenvalue weighted by Gasteiger charge is 2.06. The van der Waals surface area contributed by atoms with Gasteiger partial charge in [-0.25, -0.2) is 4.98 Å². The van der Waals surface area contributed by atoms with Gasteiger partial charge >= 0.3 is 0 Å². The summed E-state index contributed by atoms with van der Waals surface area (Å²) < 4.78 is 1.91. The molecule has 0 atom stereocenters. The van der Waals surface area contributed by atoms with E-state index in [2.05, 4.69) is 46.5 Å². The van der Waals surface area contributed by atoms with Gasteiger partial charge in [-0.05, 0) is 49.8 Å². The Morgan fingerprint density at radius 3 is 2.58 bits per heavy atom. The lowest BCUT2D eigenvalue weighted by Crippen LogP contribution is -2.28. The van der Waals surface area contributed by atoms with Crippen molar-refractivity contribution in [1.29, 1.82) is 0 Å². The van der Waals surface area contributed by atoms with E-state index < -0.39 is 0 Å². The smallest absolute Gasteiger partial charge is 0.251 e. The summed E-state index contributed by atoms with van der Waals surface area (Å²) in [6.07, 6.45) is 6.26. The molecule has 1 aromatic heterocycles. The first-order valence-electron chi connectivity index (χ1n) is 8.81. The number of carbonyl (C=O) groups is 1. The minimum absolute atomic E-state index is 0.0344. The van der Waals surface area contributed by atoms with Gasteiger partial charge in [-0.3, -0.25) is 4.79 Å². The van der Waals surface area contributed by atoms with E-state index in [1.807, 2.05) is 41.1 Å². The third kappa shape index (κ3) is 5.04. The number of nitrogens with zero attached hydrogens (tertiary/aromatic N) is 3. The summed E-state index contributed by atoms with van der Waals surface area (Å²) in [6.45, 7) is 2.53. The third-order valence-corrected chi connectivity index (χ3v) is 4.23. The van der Waals surface area contributed by atoms with Crippen molar-refractivity contribution in [1.82, 2.24) is 19.8 Å². The van der Waals surface area contributed by atoms with Crippen LogP contribution in [-0.4, -0.2) is 40.5 Å². The van der Waals surface area contributed by atoms with Gasteiger partial charge in [-0.2, -0.15) is 0 Å². The maximum atomic E-state index is 12.2. The summed E-state index contributed by atoms with van der Waals surface area (Å²) in [6, 6.07) is 17.9.